The van der Waals surface area contributed by atoms with Crippen molar-refractivity contribution in [1.29, 1.82) is 0 Å². The van der Waals surface area contributed by atoms with Crippen LogP contribution in [0.5, 0.6) is 0 Å². The highest BCUT2D eigenvalue weighted by atomic mass is 35.5. The molecule has 0 aliphatic rings. The molecule has 2 rings (SSSR count). The Morgan fingerprint density at radius 2 is 1.95 bits per heavy atom. The zero-order chi connectivity index (χ0) is 13.8. The highest BCUT2D eigenvalue weighted by molar-refractivity contribution is 6.31. The third-order valence-electron chi connectivity index (χ3n) is 3.26. The molecule has 1 aromatic carbocycles. The maximum Gasteiger partial charge on any atom is 0.0819 e. The van der Waals surface area contributed by atoms with Crippen molar-refractivity contribution >= 4 is 11.6 Å². The van der Waals surface area contributed by atoms with Crippen molar-refractivity contribution < 1.29 is 0 Å². The van der Waals surface area contributed by atoms with E-state index in [-0.39, 0.29) is 0 Å². The number of rotatable bonds is 5. The molecule has 19 heavy (non-hydrogen) atoms. The largest absolute Gasteiger partial charge is 0.310 e. The lowest BCUT2D eigenvalue weighted by molar-refractivity contribution is 0.537. The van der Waals surface area contributed by atoms with Gasteiger partial charge in [0.15, 0.2) is 0 Å². The summed E-state index contributed by atoms with van der Waals surface area (Å²) in [6.45, 7) is 7.21. The maximum absolute atomic E-state index is 6.03. The van der Waals surface area contributed by atoms with Gasteiger partial charge in [-0.25, -0.2) is 4.68 Å². The first-order valence-electron chi connectivity index (χ1n) is 6.71. The van der Waals surface area contributed by atoms with Crippen molar-refractivity contribution in [2.75, 3.05) is 6.54 Å². The molecule has 1 N–H and O–H groups in total. The second-order valence-electron chi connectivity index (χ2n) is 4.62. The summed E-state index contributed by atoms with van der Waals surface area (Å²) >= 11 is 6.03. The number of hydrogen-bond donors (Lipinski definition) is 1. The summed E-state index contributed by atoms with van der Waals surface area (Å²) in [6.07, 6.45) is 2.92. The molecule has 0 spiro atoms. The molecule has 1 aromatic heterocycles. The van der Waals surface area contributed by atoms with Crippen LogP contribution in [-0.2, 0) is 0 Å². The molecular weight excluding hydrogens is 258 g/mol. The van der Waals surface area contributed by atoms with Gasteiger partial charge >= 0.3 is 0 Å². The smallest absolute Gasteiger partial charge is 0.0819 e. The van der Waals surface area contributed by atoms with E-state index in [1.54, 1.807) is 0 Å². The van der Waals surface area contributed by atoms with Gasteiger partial charge in [-0.3, -0.25) is 0 Å². The molecule has 0 fully saturated rings. The molecule has 1 heterocycles. The molecule has 0 aliphatic carbocycles. The maximum atomic E-state index is 6.03. The predicted octanol–water partition coefficient (Wildman–Crippen LogP) is 3.89. The fourth-order valence-corrected chi connectivity index (χ4v) is 2.31. The summed E-state index contributed by atoms with van der Waals surface area (Å²) in [6, 6.07) is 8.88. The minimum Gasteiger partial charge on any atom is -0.310 e. The molecule has 3 nitrogen and oxygen atoms in total. The van der Waals surface area contributed by atoms with Crippen molar-refractivity contribution in [3.8, 4) is 5.69 Å². The van der Waals surface area contributed by atoms with Crippen LogP contribution >= 0.6 is 11.6 Å². The Bertz CT molecular complexity index is 511. The van der Waals surface area contributed by atoms with Gasteiger partial charge in [0.1, 0.15) is 0 Å². The van der Waals surface area contributed by atoms with E-state index in [1.165, 1.54) is 5.56 Å². The molecule has 0 aliphatic heterocycles. The molecular formula is C15H20ClN3. The van der Waals surface area contributed by atoms with E-state index >= 15 is 0 Å². The molecule has 0 radical (unpaired) electrons. The number of halogens is 1. The monoisotopic (exact) mass is 277 g/mol. The van der Waals surface area contributed by atoms with Gasteiger partial charge in [0.2, 0.25) is 0 Å². The highest BCUT2D eigenvalue weighted by Crippen LogP contribution is 2.20. The molecule has 1 atom stereocenters. The normalized spacial score (nSPS) is 12.6. The first-order chi connectivity index (χ1) is 9.15. The van der Waals surface area contributed by atoms with Gasteiger partial charge in [-0.1, -0.05) is 37.6 Å². The standard InChI is InChI=1S/C15H20ClN3/c1-4-15(17-5-2)12-6-8-13(9-7-12)19-10-14(16)11(3)18-19/h6-10,15,17H,4-5H2,1-3H3. The lowest BCUT2D eigenvalue weighted by atomic mass is 10.0. The Kier molecular flexibility index (Phi) is 4.61. The van der Waals surface area contributed by atoms with Crippen LogP contribution in [-0.4, -0.2) is 16.3 Å². The highest BCUT2D eigenvalue weighted by Gasteiger charge is 2.08. The van der Waals surface area contributed by atoms with Crippen molar-refractivity contribution in [3.05, 3.63) is 46.7 Å². The molecule has 0 bridgehead atoms. The van der Waals surface area contributed by atoms with Crippen LogP contribution in [0, 0.1) is 6.92 Å². The van der Waals surface area contributed by atoms with Gasteiger partial charge < -0.3 is 5.32 Å². The minimum atomic E-state index is 0.419. The number of nitrogens with zero attached hydrogens (tertiary/aromatic N) is 2. The summed E-state index contributed by atoms with van der Waals surface area (Å²) in [4.78, 5) is 0. The number of aromatic nitrogens is 2. The summed E-state index contributed by atoms with van der Waals surface area (Å²) in [5.74, 6) is 0. The lowest BCUT2D eigenvalue weighted by Crippen LogP contribution is -2.19. The average Bonchev–Trinajstić information content (AvgIpc) is 2.76. The van der Waals surface area contributed by atoms with E-state index in [9.17, 15) is 0 Å². The van der Waals surface area contributed by atoms with Crippen LogP contribution in [0.1, 0.15) is 37.6 Å². The van der Waals surface area contributed by atoms with Gasteiger partial charge in [0, 0.05) is 12.2 Å². The van der Waals surface area contributed by atoms with Crippen LogP contribution < -0.4 is 5.32 Å². The van der Waals surface area contributed by atoms with E-state index in [0.29, 0.717) is 11.1 Å². The van der Waals surface area contributed by atoms with E-state index in [0.717, 1.165) is 24.3 Å². The second-order valence-corrected chi connectivity index (χ2v) is 5.02. The predicted molar refractivity (Wildman–Crippen MR) is 80.0 cm³/mol. The summed E-state index contributed by atoms with van der Waals surface area (Å²) < 4.78 is 1.82. The first kappa shape index (κ1) is 14.1. The van der Waals surface area contributed by atoms with Gasteiger partial charge in [0.25, 0.3) is 0 Å². The quantitative estimate of drug-likeness (QED) is 0.898. The van der Waals surface area contributed by atoms with E-state index in [2.05, 4.69) is 48.5 Å². The number of benzene rings is 1. The van der Waals surface area contributed by atoms with Crippen LogP contribution in [0.15, 0.2) is 30.5 Å². The lowest BCUT2D eigenvalue weighted by Gasteiger charge is -2.16. The Morgan fingerprint density at radius 3 is 2.42 bits per heavy atom. The van der Waals surface area contributed by atoms with Gasteiger partial charge in [-0.05, 0) is 37.6 Å². The number of aryl methyl sites for hydroxylation is 1. The number of hydrogen-bond acceptors (Lipinski definition) is 2. The van der Waals surface area contributed by atoms with Crippen molar-refractivity contribution in [2.24, 2.45) is 0 Å². The van der Waals surface area contributed by atoms with Gasteiger partial charge in [0.05, 0.1) is 16.4 Å². The van der Waals surface area contributed by atoms with Gasteiger partial charge in [-0.15, -0.1) is 0 Å². The Balaban J connectivity index is 2.22. The van der Waals surface area contributed by atoms with Crippen molar-refractivity contribution in [3.63, 3.8) is 0 Å². The molecule has 2 aromatic rings. The molecule has 1 unspecified atom stereocenters. The molecule has 0 amide bonds. The second kappa shape index (κ2) is 6.22. The zero-order valence-electron chi connectivity index (χ0n) is 11.7. The molecule has 0 saturated heterocycles. The Labute approximate surface area is 119 Å². The van der Waals surface area contributed by atoms with E-state index < -0.39 is 0 Å². The van der Waals surface area contributed by atoms with E-state index in [4.69, 9.17) is 11.6 Å². The Morgan fingerprint density at radius 1 is 1.26 bits per heavy atom. The van der Waals surface area contributed by atoms with Crippen LogP contribution in [0.2, 0.25) is 5.02 Å². The van der Waals surface area contributed by atoms with E-state index in [1.807, 2.05) is 17.8 Å². The minimum absolute atomic E-state index is 0.419. The zero-order valence-corrected chi connectivity index (χ0v) is 12.4. The fraction of sp³-hybridized carbons (Fsp3) is 0.400. The summed E-state index contributed by atoms with van der Waals surface area (Å²) in [5.41, 5.74) is 3.19. The van der Waals surface area contributed by atoms with Gasteiger partial charge in [-0.2, -0.15) is 5.10 Å². The topological polar surface area (TPSA) is 29.9 Å². The molecule has 4 heteroatoms. The fourth-order valence-electron chi connectivity index (χ4n) is 2.17. The number of nitrogens with one attached hydrogen (secondary N) is 1. The summed E-state index contributed by atoms with van der Waals surface area (Å²) in [7, 11) is 0. The molecule has 0 saturated carbocycles. The third-order valence-corrected chi connectivity index (χ3v) is 3.63. The van der Waals surface area contributed by atoms with Crippen LogP contribution in [0.3, 0.4) is 0 Å². The summed E-state index contributed by atoms with van der Waals surface area (Å²) in [5, 5.41) is 8.56. The van der Waals surface area contributed by atoms with Crippen LogP contribution in [0.25, 0.3) is 5.69 Å². The average molecular weight is 278 g/mol. The molecule has 102 valence electrons. The third kappa shape index (κ3) is 3.17. The van der Waals surface area contributed by atoms with Crippen molar-refractivity contribution in [1.82, 2.24) is 15.1 Å². The SMILES string of the molecule is CCNC(CC)c1ccc(-n2cc(Cl)c(C)n2)cc1. The van der Waals surface area contributed by atoms with Crippen LogP contribution in [0.4, 0.5) is 0 Å². The first-order valence-corrected chi connectivity index (χ1v) is 7.09. The Hall–Kier alpha value is -1.32. The van der Waals surface area contributed by atoms with Crippen molar-refractivity contribution in [2.45, 2.75) is 33.2 Å².